The van der Waals surface area contributed by atoms with Gasteiger partial charge in [0.15, 0.2) is 0 Å². The Hall–Kier alpha value is -0.890. The standard InChI is InChI=1S/C16H24FN/c1-11-9-16(3,4)10-15(11)18-12(2)13-5-7-14(17)8-6-13/h5-8,11-12,15,18H,9-10H2,1-4H3/t11?,12-,15?/m1/s1. The normalized spacial score (nSPS) is 28.3. The number of benzene rings is 1. The van der Waals surface area contributed by atoms with Crippen molar-refractivity contribution < 1.29 is 4.39 Å². The molecule has 2 heteroatoms. The van der Waals surface area contributed by atoms with Crippen LogP contribution in [0, 0.1) is 17.2 Å². The smallest absolute Gasteiger partial charge is 0.123 e. The minimum atomic E-state index is -0.165. The molecular formula is C16H24FN. The van der Waals surface area contributed by atoms with Gasteiger partial charge in [0.2, 0.25) is 0 Å². The van der Waals surface area contributed by atoms with E-state index >= 15 is 0 Å². The van der Waals surface area contributed by atoms with Gasteiger partial charge in [-0.25, -0.2) is 4.39 Å². The molecule has 18 heavy (non-hydrogen) atoms. The van der Waals surface area contributed by atoms with Gasteiger partial charge >= 0.3 is 0 Å². The fourth-order valence-corrected chi connectivity index (χ4v) is 3.29. The SMILES string of the molecule is CC1CC(C)(C)CC1N[C@H](C)c1ccc(F)cc1. The van der Waals surface area contributed by atoms with Crippen molar-refractivity contribution >= 4 is 0 Å². The van der Waals surface area contributed by atoms with E-state index in [4.69, 9.17) is 0 Å². The van der Waals surface area contributed by atoms with Gasteiger partial charge < -0.3 is 5.32 Å². The Labute approximate surface area is 110 Å². The monoisotopic (exact) mass is 249 g/mol. The highest BCUT2D eigenvalue weighted by Crippen LogP contribution is 2.41. The van der Waals surface area contributed by atoms with E-state index in [1.165, 1.54) is 25.0 Å². The van der Waals surface area contributed by atoms with Crippen LogP contribution in [0.2, 0.25) is 0 Å². The summed E-state index contributed by atoms with van der Waals surface area (Å²) in [6.07, 6.45) is 2.50. The molecule has 0 aromatic heterocycles. The third-order valence-electron chi connectivity index (χ3n) is 4.17. The Morgan fingerprint density at radius 1 is 1.22 bits per heavy atom. The molecule has 1 aromatic rings. The molecule has 0 amide bonds. The minimum absolute atomic E-state index is 0.165. The number of hydrogen-bond acceptors (Lipinski definition) is 1. The van der Waals surface area contributed by atoms with Gasteiger partial charge in [0.1, 0.15) is 5.82 Å². The molecule has 1 aromatic carbocycles. The third-order valence-corrected chi connectivity index (χ3v) is 4.17. The highest BCUT2D eigenvalue weighted by molar-refractivity contribution is 5.19. The lowest BCUT2D eigenvalue weighted by molar-refractivity contribution is 0.356. The van der Waals surface area contributed by atoms with Crippen LogP contribution in [0.15, 0.2) is 24.3 Å². The van der Waals surface area contributed by atoms with Crippen LogP contribution >= 0.6 is 0 Å². The Morgan fingerprint density at radius 3 is 2.33 bits per heavy atom. The van der Waals surface area contributed by atoms with Crippen LogP contribution in [0.4, 0.5) is 4.39 Å². The van der Waals surface area contributed by atoms with Gasteiger partial charge in [0.25, 0.3) is 0 Å². The quantitative estimate of drug-likeness (QED) is 0.842. The zero-order valence-corrected chi connectivity index (χ0v) is 11.8. The van der Waals surface area contributed by atoms with Crippen molar-refractivity contribution in [1.82, 2.24) is 5.32 Å². The summed E-state index contributed by atoms with van der Waals surface area (Å²) >= 11 is 0. The summed E-state index contributed by atoms with van der Waals surface area (Å²) in [4.78, 5) is 0. The first-order valence-electron chi connectivity index (χ1n) is 6.89. The van der Waals surface area contributed by atoms with Crippen LogP contribution in [0.5, 0.6) is 0 Å². The first kappa shape index (κ1) is 13.5. The lowest BCUT2D eigenvalue weighted by atomic mass is 9.91. The van der Waals surface area contributed by atoms with E-state index in [2.05, 4.69) is 33.0 Å². The molecule has 2 unspecified atom stereocenters. The number of hydrogen-bond donors (Lipinski definition) is 1. The van der Waals surface area contributed by atoms with Gasteiger partial charge in [0, 0.05) is 12.1 Å². The Kier molecular flexibility index (Phi) is 3.76. The van der Waals surface area contributed by atoms with Crippen LogP contribution in [0.3, 0.4) is 0 Å². The molecule has 0 aliphatic heterocycles. The summed E-state index contributed by atoms with van der Waals surface area (Å²) in [5.74, 6) is 0.546. The second-order valence-electron chi connectivity index (χ2n) is 6.60. The molecule has 0 spiro atoms. The van der Waals surface area contributed by atoms with E-state index in [0.717, 1.165) is 5.56 Å². The summed E-state index contributed by atoms with van der Waals surface area (Å²) in [6.45, 7) is 9.16. The fraction of sp³-hybridized carbons (Fsp3) is 0.625. The maximum atomic E-state index is 12.9. The maximum Gasteiger partial charge on any atom is 0.123 e. The average molecular weight is 249 g/mol. The van der Waals surface area contributed by atoms with Crippen LogP contribution in [0.1, 0.15) is 52.1 Å². The van der Waals surface area contributed by atoms with Crippen LogP contribution < -0.4 is 5.32 Å². The molecule has 0 saturated heterocycles. The van der Waals surface area contributed by atoms with E-state index in [9.17, 15) is 4.39 Å². The van der Waals surface area contributed by atoms with Gasteiger partial charge in [-0.1, -0.05) is 32.9 Å². The van der Waals surface area contributed by atoms with Gasteiger partial charge in [0.05, 0.1) is 0 Å². The van der Waals surface area contributed by atoms with Crippen LogP contribution in [-0.4, -0.2) is 6.04 Å². The zero-order valence-electron chi connectivity index (χ0n) is 11.8. The van der Waals surface area contributed by atoms with Crippen molar-refractivity contribution in [3.63, 3.8) is 0 Å². The van der Waals surface area contributed by atoms with E-state index in [1.54, 1.807) is 0 Å². The molecule has 1 nitrogen and oxygen atoms in total. The molecular weight excluding hydrogens is 225 g/mol. The Morgan fingerprint density at radius 2 is 1.83 bits per heavy atom. The number of rotatable bonds is 3. The van der Waals surface area contributed by atoms with E-state index in [1.807, 2.05) is 12.1 Å². The van der Waals surface area contributed by atoms with Crippen LogP contribution in [0.25, 0.3) is 0 Å². The largest absolute Gasteiger partial charge is 0.307 e. The molecule has 1 aliphatic carbocycles. The predicted octanol–water partition coefficient (Wildman–Crippen LogP) is 4.30. The summed E-state index contributed by atoms with van der Waals surface area (Å²) in [6, 6.07) is 7.67. The first-order valence-corrected chi connectivity index (χ1v) is 6.89. The predicted molar refractivity (Wildman–Crippen MR) is 73.9 cm³/mol. The van der Waals surface area contributed by atoms with Crippen LogP contribution in [-0.2, 0) is 0 Å². The average Bonchev–Trinajstić information content (AvgIpc) is 2.52. The van der Waals surface area contributed by atoms with E-state index < -0.39 is 0 Å². The summed E-state index contributed by atoms with van der Waals surface area (Å²) in [7, 11) is 0. The molecule has 1 fully saturated rings. The second-order valence-corrected chi connectivity index (χ2v) is 6.60. The number of nitrogens with one attached hydrogen (secondary N) is 1. The van der Waals surface area contributed by atoms with Crippen molar-refractivity contribution in [2.75, 3.05) is 0 Å². The Balaban J connectivity index is 1.99. The molecule has 2 rings (SSSR count). The van der Waals surface area contributed by atoms with Gasteiger partial charge in [-0.3, -0.25) is 0 Å². The lowest BCUT2D eigenvalue weighted by Gasteiger charge is -2.23. The highest BCUT2D eigenvalue weighted by atomic mass is 19.1. The molecule has 1 saturated carbocycles. The van der Waals surface area contributed by atoms with Crippen molar-refractivity contribution in [3.05, 3.63) is 35.6 Å². The molecule has 100 valence electrons. The molecule has 0 heterocycles. The van der Waals surface area contributed by atoms with Gasteiger partial charge in [-0.2, -0.15) is 0 Å². The van der Waals surface area contributed by atoms with Crippen molar-refractivity contribution in [3.8, 4) is 0 Å². The Bertz CT molecular complexity index is 396. The second kappa shape index (κ2) is 5.00. The van der Waals surface area contributed by atoms with Crippen molar-refractivity contribution in [2.24, 2.45) is 11.3 Å². The maximum absolute atomic E-state index is 12.9. The number of halogens is 1. The van der Waals surface area contributed by atoms with E-state index in [-0.39, 0.29) is 11.9 Å². The topological polar surface area (TPSA) is 12.0 Å². The van der Waals surface area contributed by atoms with E-state index in [0.29, 0.717) is 17.4 Å². The summed E-state index contributed by atoms with van der Waals surface area (Å²) in [5, 5.41) is 3.70. The minimum Gasteiger partial charge on any atom is -0.307 e. The highest BCUT2D eigenvalue weighted by Gasteiger charge is 2.36. The lowest BCUT2D eigenvalue weighted by Crippen LogP contribution is -2.33. The van der Waals surface area contributed by atoms with Crippen molar-refractivity contribution in [1.29, 1.82) is 0 Å². The molecule has 0 bridgehead atoms. The first-order chi connectivity index (χ1) is 8.37. The molecule has 0 radical (unpaired) electrons. The fourth-order valence-electron chi connectivity index (χ4n) is 3.29. The van der Waals surface area contributed by atoms with Gasteiger partial charge in [-0.15, -0.1) is 0 Å². The molecule has 1 aliphatic rings. The van der Waals surface area contributed by atoms with Crippen molar-refractivity contribution in [2.45, 2.75) is 52.6 Å². The summed E-state index contributed by atoms with van der Waals surface area (Å²) in [5.41, 5.74) is 1.60. The molecule has 1 N–H and O–H groups in total. The summed E-state index contributed by atoms with van der Waals surface area (Å²) < 4.78 is 12.9. The van der Waals surface area contributed by atoms with Gasteiger partial charge in [-0.05, 0) is 48.8 Å². The molecule has 3 atom stereocenters. The zero-order chi connectivity index (χ0) is 13.3. The third kappa shape index (κ3) is 3.11.